The SMILES string of the molecule is CC(=O)N(N)C(=O)CC(C)(C)C. The highest BCUT2D eigenvalue weighted by Crippen LogP contribution is 2.18. The lowest BCUT2D eigenvalue weighted by Crippen LogP contribution is -2.42. The Hall–Kier alpha value is -0.900. The zero-order valence-corrected chi connectivity index (χ0v) is 8.05. The van der Waals surface area contributed by atoms with Gasteiger partial charge in [0.05, 0.1) is 0 Å². The normalized spacial score (nSPS) is 11.1. The smallest absolute Gasteiger partial charge is 0.244 e. The maximum atomic E-state index is 11.2. The fourth-order valence-electron chi connectivity index (χ4n) is 0.714. The number of hydrazine groups is 1. The van der Waals surface area contributed by atoms with Gasteiger partial charge in [-0.05, 0) is 5.41 Å². The Bertz CT molecular complexity index is 194. The maximum Gasteiger partial charge on any atom is 0.244 e. The third kappa shape index (κ3) is 4.08. The van der Waals surface area contributed by atoms with Crippen molar-refractivity contribution in [2.75, 3.05) is 0 Å². The van der Waals surface area contributed by atoms with Crippen LogP contribution in [0.3, 0.4) is 0 Å². The van der Waals surface area contributed by atoms with Crippen molar-refractivity contribution < 1.29 is 9.59 Å². The van der Waals surface area contributed by atoms with Gasteiger partial charge in [0.25, 0.3) is 0 Å². The molecule has 0 aliphatic heterocycles. The average Bonchev–Trinajstić information content (AvgIpc) is 1.82. The van der Waals surface area contributed by atoms with Crippen molar-refractivity contribution in [1.82, 2.24) is 5.01 Å². The summed E-state index contributed by atoms with van der Waals surface area (Å²) >= 11 is 0. The zero-order valence-electron chi connectivity index (χ0n) is 8.05. The molecule has 0 aromatic carbocycles. The second-order valence-electron chi connectivity index (χ2n) is 4.02. The number of carbonyl (C=O) groups excluding carboxylic acids is 2. The quantitative estimate of drug-likeness (QED) is 0.359. The van der Waals surface area contributed by atoms with E-state index in [0.29, 0.717) is 5.01 Å². The Morgan fingerprint density at radius 2 is 1.75 bits per heavy atom. The van der Waals surface area contributed by atoms with Gasteiger partial charge in [0.1, 0.15) is 0 Å². The van der Waals surface area contributed by atoms with Crippen molar-refractivity contribution in [3.05, 3.63) is 0 Å². The van der Waals surface area contributed by atoms with Gasteiger partial charge < -0.3 is 0 Å². The Balaban J connectivity index is 4.15. The summed E-state index contributed by atoms with van der Waals surface area (Å²) in [6.45, 7) is 7.01. The number of hydrogen-bond acceptors (Lipinski definition) is 3. The van der Waals surface area contributed by atoms with Crippen LogP contribution in [0.1, 0.15) is 34.1 Å². The molecular formula is C8H16N2O2. The molecule has 0 rings (SSSR count). The molecule has 0 saturated carbocycles. The maximum absolute atomic E-state index is 11.2. The first-order valence-electron chi connectivity index (χ1n) is 3.82. The molecule has 12 heavy (non-hydrogen) atoms. The monoisotopic (exact) mass is 172 g/mol. The van der Waals surface area contributed by atoms with Gasteiger partial charge in [0, 0.05) is 13.3 Å². The van der Waals surface area contributed by atoms with E-state index in [9.17, 15) is 9.59 Å². The summed E-state index contributed by atoms with van der Waals surface area (Å²) in [6, 6.07) is 0. The average molecular weight is 172 g/mol. The molecule has 0 heterocycles. The molecule has 0 bridgehead atoms. The van der Waals surface area contributed by atoms with Crippen LogP contribution in [-0.2, 0) is 9.59 Å². The predicted molar refractivity (Wildman–Crippen MR) is 45.8 cm³/mol. The van der Waals surface area contributed by atoms with Gasteiger partial charge in [-0.25, -0.2) is 10.9 Å². The van der Waals surface area contributed by atoms with E-state index in [2.05, 4.69) is 0 Å². The van der Waals surface area contributed by atoms with Crippen LogP contribution in [-0.4, -0.2) is 16.8 Å². The van der Waals surface area contributed by atoms with Gasteiger partial charge in [-0.15, -0.1) is 0 Å². The van der Waals surface area contributed by atoms with E-state index in [-0.39, 0.29) is 17.7 Å². The molecule has 2 N–H and O–H groups in total. The molecule has 0 saturated heterocycles. The molecule has 0 aromatic heterocycles. The molecule has 0 fully saturated rings. The van der Waals surface area contributed by atoms with Crippen LogP contribution in [0.25, 0.3) is 0 Å². The van der Waals surface area contributed by atoms with Gasteiger partial charge in [0.15, 0.2) is 0 Å². The molecular weight excluding hydrogens is 156 g/mol. The molecule has 0 unspecified atom stereocenters. The van der Waals surface area contributed by atoms with Gasteiger partial charge in [-0.2, -0.15) is 0 Å². The molecule has 70 valence electrons. The number of amides is 2. The second-order valence-corrected chi connectivity index (χ2v) is 4.02. The van der Waals surface area contributed by atoms with Crippen molar-refractivity contribution in [2.24, 2.45) is 11.3 Å². The summed E-state index contributed by atoms with van der Waals surface area (Å²) in [4.78, 5) is 21.8. The van der Waals surface area contributed by atoms with Crippen LogP contribution in [0.2, 0.25) is 0 Å². The number of carbonyl (C=O) groups is 2. The minimum Gasteiger partial charge on any atom is -0.273 e. The topological polar surface area (TPSA) is 63.4 Å². The highest BCUT2D eigenvalue weighted by atomic mass is 16.2. The van der Waals surface area contributed by atoms with E-state index in [4.69, 9.17) is 5.84 Å². The zero-order chi connectivity index (χ0) is 9.94. The van der Waals surface area contributed by atoms with Crippen LogP contribution in [0.4, 0.5) is 0 Å². The molecule has 0 atom stereocenters. The Labute approximate surface area is 72.7 Å². The van der Waals surface area contributed by atoms with E-state index >= 15 is 0 Å². The summed E-state index contributed by atoms with van der Waals surface area (Å²) in [5.41, 5.74) is -0.135. The molecule has 0 spiro atoms. The Morgan fingerprint density at radius 3 is 2.00 bits per heavy atom. The molecule has 2 amide bonds. The molecule has 4 nitrogen and oxygen atoms in total. The van der Waals surface area contributed by atoms with E-state index in [1.54, 1.807) is 0 Å². The van der Waals surface area contributed by atoms with E-state index in [1.807, 2.05) is 20.8 Å². The first-order valence-corrected chi connectivity index (χ1v) is 3.82. The number of nitrogens with two attached hydrogens (primary N) is 1. The molecule has 0 aliphatic carbocycles. The van der Waals surface area contributed by atoms with Gasteiger partial charge >= 0.3 is 0 Å². The Kier molecular flexibility index (Phi) is 3.39. The van der Waals surface area contributed by atoms with Gasteiger partial charge in [-0.3, -0.25) is 9.59 Å². The first kappa shape index (κ1) is 11.1. The van der Waals surface area contributed by atoms with Crippen LogP contribution >= 0.6 is 0 Å². The highest BCUT2D eigenvalue weighted by molar-refractivity contribution is 5.93. The largest absolute Gasteiger partial charge is 0.273 e. The lowest BCUT2D eigenvalue weighted by atomic mass is 9.92. The second kappa shape index (κ2) is 3.67. The van der Waals surface area contributed by atoms with Gasteiger partial charge in [-0.1, -0.05) is 20.8 Å². The molecule has 0 aliphatic rings. The van der Waals surface area contributed by atoms with Crippen LogP contribution in [0.5, 0.6) is 0 Å². The lowest BCUT2D eigenvalue weighted by molar-refractivity contribution is -0.144. The summed E-state index contributed by atoms with van der Waals surface area (Å²) in [7, 11) is 0. The van der Waals surface area contributed by atoms with Crippen molar-refractivity contribution >= 4 is 11.8 Å². The summed E-state index contributed by atoms with van der Waals surface area (Å²) in [5.74, 6) is 4.44. The summed E-state index contributed by atoms with van der Waals surface area (Å²) in [5, 5.41) is 0.658. The van der Waals surface area contributed by atoms with Gasteiger partial charge in [0.2, 0.25) is 11.8 Å². The number of nitrogens with zero attached hydrogens (tertiary/aromatic N) is 1. The Morgan fingerprint density at radius 1 is 1.33 bits per heavy atom. The predicted octanol–water partition coefficient (Wildman–Crippen LogP) is 0.671. The molecule has 0 aromatic rings. The number of rotatable bonds is 1. The van der Waals surface area contributed by atoms with Crippen molar-refractivity contribution in [3.8, 4) is 0 Å². The van der Waals surface area contributed by atoms with E-state index in [1.165, 1.54) is 6.92 Å². The highest BCUT2D eigenvalue weighted by Gasteiger charge is 2.21. The van der Waals surface area contributed by atoms with Crippen LogP contribution in [0.15, 0.2) is 0 Å². The number of imide groups is 1. The summed E-state index contributed by atoms with van der Waals surface area (Å²) in [6.07, 6.45) is 0.281. The van der Waals surface area contributed by atoms with E-state index in [0.717, 1.165) is 0 Å². The first-order chi connectivity index (χ1) is 5.24. The van der Waals surface area contributed by atoms with Crippen molar-refractivity contribution in [2.45, 2.75) is 34.1 Å². The standard InChI is InChI=1S/C8H16N2O2/c1-6(11)10(9)7(12)5-8(2,3)4/h5,9H2,1-4H3. The number of hydrogen-bond donors (Lipinski definition) is 1. The van der Waals surface area contributed by atoms with Crippen molar-refractivity contribution in [1.29, 1.82) is 0 Å². The fourth-order valence-corrected chi connectivity index (χ4v) is 0.714. The van der Waals surface area contributed by atoms with Crippen molar-refractivity contribution in [3.63, 3.8) is 0 Å². The van der Waals surface area contributed by atoms with Crippen LogP contribution < -0.4 is 5.84 Å². The minimum atomic E-state index is -0.427. The van der Waals surface area contributed by atoms with E-state index < -0.39 is 5.91 Å². The lowest BCUT2D eigenvalue weighted by Gasteiger charge is -2.20. The summed E-state index contributed by atoms with van der Waals surface area (Å²) < 4.78 is 0. The molecule has 4 heteroatoms. The van der Waals surface area contributed by atoms with Crippen LogP contribution in [0, 0.1) is 5.41 Å². The third-order valence-corrected chi connectivity index (χ3v) is 1.29. The fraction of sp³-hybridized carbons (Fsp3) is 0.750. The third-order valence-electron chi connectivity index (χ3n) is 1.29. The minimum absolute atomic E-state index is 0.135. The molecule has 0 radical (unpaired) electrons.